The van der Waals surface area contributed by atoms with Crippen molar-refractivity contribution in [3.05, 3.63) is 23.5 Å². The molecule has 0 heterocycles. The summed E-state index contributed by atoms with van der Waals surface area (Å²) < 4.78 is 39.9. The average molecular weight is 303 g/mol. The zero-order chi connectivity index (χ0) is 15.5. The fourth-order valence-corrected chi connectivity index (χ4v) is 3.23. The molecule has 1 aromatic rings. The van der Waals surface area contributed by atoms with Crippen molar-refractivity contribution in [2.75, 3.05) is 40.0 Å². The van der Waals surface area contributed by atoms with Gasteiger partial charge < -0.3 is 10.6 Å². The molecule has 0 spiro atoms. The fraction of sp³-hybridized carbons (Fsp3) is 0.538. The quantitative estimate of drug-likeness (QED) is 0.804. The summed E-state index contributed by atoms with van der Waals surface area (Å²) in [5.74, 6) is -0.737. The van der Waals surface area contributed by atoms with Crippen molar-refractivity contribution in [3.63, 3.8) is 0 Å². The summed E-state index contributed by atoms with van der Waals surface area (Å²) in [6.07, 6.45) is 0.672. The largest absolute Gasteiger partial charge is 0.399 e. The number of rotatable bonds is 6. The number of sulfonamides is 1. The second kappa shape index (κ2) is 6.51. The molecule has 114 valence electrons. The molecule has 0 aliphatic heterocycles. The van der Waals surface area contributed by atoms with Gasteiger partial charge in [0.25, 0.3) is 0 Å². The Morgan fingerprint density at radius 3 is 2.35 bits per heavy atom. The molecule has 0 atom stereocenters. The van der Waals surface area contributed by atoms with Gasteiger partial charge in [-0.25, -0.2) is 17.1 Å². The number of hydrogen-bond donors (Lipinski definition) is 1. The molecule has 0 aliphatic carbocycles. The van der Waals surface area contributed by atoms with Crippen molar-refractivity contribution in [2.24, 2.45) is 0 Å². The summed E-state index contributed by atoms with van der Waals surface area (Å²) in [4.78, 5) is 1.61. The number of benzene rings is 1. The van der Waals surface area contributed by atoms with E-state index in [1.807, 2.05) is 19.0 Å². The van der Waals surface area contributed by atoms with E-state index in [1.165, 1.54) is 26.1 Å². The third-order valence-electron chi connectivity index (χ3n) is 3.01. The summed E-state index contributed by atoms with van der Waals surface area (Å²) >= 11 is 0. The monoisotopic (exact) mass is 303 g/mol. The fourth-order valence-electron chi connectivity index (χ4n) is 1.85. The molecule has 0 radical (unpaired) electrons. The van der Waals surface area contributed by atoms with E-state index >= 15 is 0 Å². The lowest BCUT2D eigenvalue weighted by molar-refractivity contribution is 0.369. The minimum absolute atomic E-state index is 0.227. The maximum atomic E-state index is 14.0. The number of nitrogens with zero attached hydrogens (tertiary/aromatic N) is 2. The van der Waals surface area contributed by atoms with Gasteiger partial charge in [-0.1, -0.05) is 0 Å². The lowest BCUT2D eigenvalue weighted by atomic mass is 10.2. The predicted molar refractivity (Wildman–Crippen MR) is 78.5 cm³/mol. The molecule has 20 heavy (non-hydrogen) atoms. The van der Waals surface area contributed by atoms with Crippen LogP contribution in [0.1, 0.15) is 12.0 Å². The van der Waals surface area contributed by atoms with Crippen LogP contribution in [0.2, 0.25) is 0 Å². The van der Waals surface area contributed by atoms with Gasteiger partial charge in [0.2, 0.25) is 10.0 Å². The van der Waals surface area contributed by atoms with Crippen molar-refractivity contribution in [3.8, 4) is 0 Å². The zero-order valence-corrected chi connectivity index (χ0v) is 13.2. The number of hydrogen-bond acceptors (Lipinski definition) is 4. The zero-order valence-electron chi connectivity index (χ0n) is 12.4. The molecular formula is C13H22FN3O2S. The maximum absolute atomic E-state index is 14.0. The number of halogens is 1. The normalized spacial score (nSPS) is 12.3. The first-order valence-corrected chi connectivity index (χ1v) is 7.77. The highest BCUT2D eigenvalue weighted by Gasteiger charge is 2.25. The Morgan fingerprint density at radius 1 is 1.20 bits per heavy atom. The van der Waals surface area contributed by atoms with Crippen LogP contribution in [-0.4, -0.2) is 51.9 Å². The molecule has 0 aromatic heterocycles. The molecule has 0 bridgehead atoms. The molecule has 0 fully saturated rings. The van der Waals surface area contributed by atoms with E-state index in [9.17, 15) is 12.8 Å². The van der Waals surface area contributed by atoms with Crippen molar-refractivity contribution in [1.82, 2.24) is 9.21 Å². The smallest absolute Gasteiger partial charge is 0.245 e. The minimum Gasteiger partial charge on any atom is -0.399 e. The molecule has 7 heteroatoms. The van der Waals surface area contributed by atoms with Gasteiger partial charge in [0, 0.05) is 19.3 Å². The van der Waals surface area contributed by atoms with E-state index in [2.05, 4.69) is 0 Å². The van der Waals surface area contributed by atoms with E-state index < -0.39 is 15.8 Å². The van der Waals surface area contributed by atoms with Crippen LogP contribution in [0.15, 0.2) is 17.0 Å². The molecule has 1 aromatic carbocycles. The van der Waals surface area contributed by atoms with Crippen LogP contribution in [0.25, 0.3) is 0 Å². The first-order chi connectivity index (χ1) is 9.16. The molecule has 0 unspecified atom stereocenters. The van der Waals surface area contributed by atoms with Gasteiger partial charge in [0.15, 0.2) is 0 Å². The number of aryl methyl sites for hydroxylation is 1. The van der Waals surface area contributed by atoms with Gasteiger partial charge in [-0.05, 0) is 51.7 Å². The highest BCUT2D eigenvalue weighted by molar-refractivity contribution is 7.89. The minimum atomic E-state index is -3.85. The predicted octanol–water partition coefficient (Wildman–Crippen LogP) is 1.29. The number of anilines is 1. The van der Waals surface area contributed by atoms with E-state index in [0.29, 0.717) is 13.0 Å². The van der Waals surface area contributed by atoms with Gasteiger partial charge in [0.1, 0.15) is 10.7 Å². The van der Waals surface area contributed by atoms with Crippen LogP contribution in [0, 0.1) is 12.7 Å². The van der Waals surface area contributed by atoms with Crippen molar-refractivity contribution >= 4 is 15.7 Å². The Balaban J connectivity index is 2.99. The van der Waals surface area contributed by atoms with E-state index in [-0.39, 0.29) is 16.1 Å². The van der Waals surface area contributed by atoms with E-state index in [4.69, 9.17) is 5.73 Å². The van der Waals surface area contributed by atoms with Crippen LogP contribution < -0.4 is 5.73 Å². The van der Waals surface area contributed by atoms with Gasteiger partial charge in [-0.15, -0.1) is 0 Å². The molecule has 2 N–H and O–H groups in total. The second-order valence-corrected chi connectivity index (χ2v) is 7.15. The van der Waals surface area contributed by atoms with Gasteiger partial charge in [-0.2, -0.15) is 0 Å². The summed E-state index contributed by atoms with van der Waals surface area (Å²) in [6.45, 7) is 2.59. The summed E-state index contributed by atoms with van der Waals surface area (Å²) in [7, 11) is 1.42. The molecule has 0 saturated carbocycles. The second-order valence-electron chi connectivity index (χ2n) is 5.13. The van der Waals surface area contributed by atoms with Crippen molar-refractivity contribution < 1.29 is 12.8 Å². The average Bonchev–Trinajstić information content (AvgIpc) is 2.32. The summed E-state index contributed by atoms with van der Waals surface area (Å²) in [5, 5.41) is 0. The first kappa shape index (κ1) is 16.9. The summed E-state index contributed by atoms with van der Waals surface area (Å²) in [6, 6.07) is 2.58. The lowest BCUT2D eigenvalue weighted by Gasteiger charge is -2.19. The Bertz CT molecular complexity index is 573. The maximum Gasteiger partial charge on any atom is 0.245 e. The molecule has 5 nitrogen and oxygen atoms in total. The SMILES string of the molecule is Cc1cc(N)cc(S(=O)(=O)N(C)CCCN(C)C)c1F. The molecule has 1 rings (SSSR count). The van der Waals surface area contributed by atoms with Crippen molar-refractivity contribution in [2.45, 2.75) is 18.2 Å². The van der Waals surface area contributed by atoms with Gasteiger partial charge >= 0.3 is 0 Å². The number of nitrogens with two attached hydrogens (primary N) is 1. The molecular weight excluding hydrogens is 281 g/mol. The van der Waals surface area contributed by atoms with E-state index in [0.717, 1.165) is 10.8 Å². The van der Waals surface area contributed by atoms with Gasteiger partial charge in [-0.3, -0.25) is 0 Å². The highest BCUT2D eigenvalue weighted by atomic mass is 32.2. The third-order valence-corrected chi connectivity index (χ3v) is 4.87. The van der Waals surface area contributed by atoms with Crippen LogP contribution >= 0.6 is 0 Å². The third kappa shape index (κ3) is 3.91. The summed E-state index contributed by atoms with van der Waals surface area (Å²) in [5.41, 5.74) is 6.08. The topological polar surface area (TPSA) is 66.6 Å². The highest BCUT2D eigenvalue weighted by Crippen LogP contribution is 2.24. The number of nitrogen functional groups attached to an aromatic ring is 1. The van der Waals surface area contributed by atoms with Crippen LogP contribution in [-0.2, 0) is 10.0 Å². The Hall–Kier alpha value is -1.18. The van der Waals surface area contributed by atoms with Gasteiger partial charge in [0.05, 0.1) is 0 Å². The Morgan fingerprint density at radius 2 is 1.80 bits per heavy atom. The molecule has 0 amide bonds. The standard InChI is InChI=1S/C13H22FN3O2S/c1-10-8-11(15)9-12(13(10)14)20(18,19)17(4)7-5-6-16(2)3/h8-9H,5-7,15H2,1-4H3. The Kier molecular flexibility index (Phi) is 5.50. The van der Waals surface area contributed by atoms with E-state index in [1.54, 1.807) is 0 Å². The first-order valence-electron chi connectivity index (χ1n) is 6.33. The van der Waals surface area contributed by atoms with Crippen LogP contribution in [0.3, 0.4) is 0 Å². The molecule has 0 aliphatic rings. The Labute approximate surface area is 120 Å². The molecule has 0 saturated heterocycles. The van der Waals surface area contributed by atoms with Crippen molar-refractivity contribution in [1.29, 1.82) is 0 Å². The lowest BCUT2D eigenvalue weighted by Crippen LogP contribution is -2.30. The van der Waals surface area contributed by atoms with Crippen LogP contribution in [0.4, 0.5) is 10.1 Å². The van der Waals surface area contributed by atoms with Crippen LogP contribution in [0.5, 0.6) is 0 Å².